The molecule has 108 valence electrons. The number of aromatic carboxylic acids is 1. The fourth-order valence-electron chi connectivity index (χ4n) is 1.89. The Balaban J connectivity index is 2.38. The molecule has 21 heavy (non-hydrogen) atoms. The number of anilines is 1. The van der Waals surface area contributed by atoms with Crippen LogP contribution in [0, 0.1) is 6.92 Å². The zero-order valence-corrected chi connectivity index (χ0v) is 11.8. The van der Waals surface area contributed by atoms with E-state index >= 15 is 0 Å². The van der Waals surface area contributed by atoms with Crippen molar-refractivity contribution in [3.63, 3.8) is 0 Å². The maximum Gasteiger partial charge on any atom is 0.337 e. The van der Waals surface area contributed by atoms with Gasteiger partial charge < -0.3 is 15.5 Å². The molecule has 0 bridgehead atoms. The normalized spacial score (nSPS) is 10.2. The van der Waals surface area contributed by atoms with Crippen molar-refractivity contribution in [2.45, 2.75) is 6.92 Å². The molecule has 2 aromatic carbocycles. The molecule has 0 saturated carbocycles. The van der Waals surface area contributed by atoms with Gasteiger partial charge in [0.1, 0.15) is 5.75 Å². The van der Waals surface area contributed by atoms with Gasteiger partial charge >= 0.3 is 5.97 Å². The Bertz CT molecular complexity index is 728. The van der Waals surface area contributed by atoms with Crippen LogP contribution in [0.25, 0.3) is 0 Å². The molecule has 0 aliphatic carbocycles. The third kappa shape index (κ3) is 3.14. The smallest absolute Gasteiger partial charge is 0.337 e. The number of hydrogen-bond donors (Lipinski definition) is 3. The lowest BCUT2D eigenvalue weighted by molar-refractivity contribution is 0.0698. The Morgan fingerprint density at radius 1 is 1.14 bits per heavy atom. The van der Waals surface area contributed by atoms with E-state index in [1.54, 1.807) is 19.1 Å². The molecule has 0 fully saturated rings. The molecular weight excluding hydrogens is 294 g/mol. The Morgan fingerprint density at radius 3 is 2.48 bits per heavy atom. The van der Waals surface area contributed by atoms with Gasteiger partial charge in [-0.05, 0) is 36.8 Å². The SMILES string of the molecule is Cc1cccc(C(=O)O)c1NC(=O)c1ccc(Cl)cc1O. The minimum absolute atomic E-state index is 0.0130. The van der Waals surface area contributed by atoms with Crippen LogP contribution in [-0.2, 0) is 0 Å². The Kier molecular flexibility index (Phi) is 4.14. The van der Waals surface area contributed by atoms with E-state index in [-0.39, 0.29) is 22.6 Å². The van der Waals surface area contributed by atoms with Gasteiger partial charge in [-0.2, -0.15) is 0 Å². The van der Waals surface area contributed by atoms with Gasteiger partial charge in [-0.15, -0.1) is 0 Å². The standard InChI is InChI=1S/C15H12ClNO4/c1-8-3-2-4-11(15(20)21)13(8)17-14(19)10-6-5-9(16)7-12(10)18/h2-7,18H,1H3,(H,17,19)(H,20,21). The van der Waals surface area contributed by atoms with Gasteiger partial charge in [0.05, 0.1) is 16.8 Å². The monoisotopic (exact) mass is 305 g/mol. The first-order chi connectivity index (χ1) is 9.90. The topological polar surface area (TPSA) is 86.6 Å². The van der Waals surface area contributed by atoms with Crippen LogP contribution in [0.1, 0.15) is 26.3 Å². The van der Waals surface area contributed by atoms with Crippen LogP contribution in [0.4, 0.5) is 5.69 Å². The molecular formula is C15H12ClNO4. The van der Waals surface area contributed by atoms with E-state index in [1.807, 2.05) is 0 Å². The maximum absolute atomic E-state index is 12.2. The summed E-state index contributed by atoms with van der Waals surface area (Å²) < 4.78 is 0. The second kappa shape index (κ2) is 5.85. The van der Waals surface area contributed by atoms with Crippen LogP contribution in [0.2, 0.25) is 5.02 Å². The molecule has 0 aromatic heterocycles. The molecule has 0 unspecified atom stereocenters. The van der Waals surface area contributed by atoms with E-state index in [1.165, 1.54) is 24.3 Å². The minimum Gasteiger partial charge on any atom is -0.507 e. The first kappa shape index (κ1) is 14.9. The fourth-order valence-corrected chi connectivity index (χ4v) is 2.06. The van der Waals surface area contributed by atoms with Crippen LogP contribution in [0.3, 0.4) is 0 Å². The van der Waals surface area contributed by atoms with E-state index in [4.69, 9.17) is 16.7 Å². The van der Waals surface area contributed by atoms with E-state index in [2.05, 4.69) is 5.32 Å². The highest BCUT2D eigenvalue weighted by molar-refractivity contribution is 6.31. The van der Waals surface area contributed by atoms with Crippen LogP contribution < -0.4 is 5.32 Å². The number of aryl methyl sites for hydroxylation is 1. The third-order valence-electron chi connectivity index (χ3n) is 2.95. The van der Waals surface area contributed by atoms with Crippen molar-refractivity contribution in [2.24, 2.45) is 0 Å². The average Bonchev–Trinajstić information content (AvgIpc) is 2.40. The number of carboxylic acid groups (broad SMARTS) is 1. The summed E-state index contributed by atoms with van der Waals surface area (Å²) in [6, 6.07) is 8.74. The highest BCUT2D eigenvalue weighted by atomic mass is 35.5. The van der Waals surface area contributed by atoms with E-state index in [0.29, 0.717) is 10.6 Å². The first-order valence-corrected chi connectivity index (χ1v) is 6.40. The Hall–Kier alpha value is -2.53. The van der Waals surface area contributed by atoms with Gasteiger partial charge in [-0.1, -0.05) is 23.7 Å². The van der Waals surface area contributed by atoms with Crippen molar-refractivity contribution < 1.29 is 19.8 Å². The molecule has 0 radical (unpaired) electrons. The number of aromatic hydroxyl groups is 1. The highest BCUT2D eigenvalue weighted by Crippen LogP contribution is 2.25. The third-order valence-corrected chi connectivity index (χ3v) is 3.18. The molecule has 6 heteroatoms. The fraction of sp³-hybridized carbons (Fsp3) is 0.0667. The number of para-hydroxylation sites is 1. The molecule has 2 rings (SSSR count). The summed E-state index contributed by atoms with van der Waals surface area (Å²) in [6.45, 7) is 1.68. The number of hydrogen-bond acceptors (Lipinski definition) is 3. The average molecular weight is 306 g/mol. The molecule has 0 saturated heterocycles. The van der Waals surface area contributed by atoms with Crippen molar-refractivity contribution in [1.29, 1.82) is 0 Å². The van der Waals surface area contributed by atoms with Gasteiger partial charge in [0.15, 0.2) is 0 Å². The number of carbonyl (C=O) groups is 2. The minimum atomic E-state index is -1.14. The zero-order valence-electron chi connectivity index (χ0n) is 11.1. The summed E-state index contributed by atoms with van der Waals surface area (Å²) in [5.41, 5.74) is 0.803. The second-order valence-electron chi connectivity index (χ2n) is 4.42. The van der Waals surface area contributed by atoms with Crippen LogP contribution in [0.5, 0.6) is 5.75 Å². The van der Waals surface area contributed by atoms with Crippen LogP contribution in [-0.4, -0.2) is 22.1 Å². The lowest BCUT2D eigenvalue weighted by atomic mass is 10.1. The predicted molar refractivity (Wildman–Crippen MR) is 79.2 cm³/mol. The largest absolute Gasteiger partial charge is 0.507 e. The molecule has 1 amide bonds. The number of amides is 1. The summed E-state index contributed by atoms with van der Waals surface area (Å²) in [6.07, 6.45) is 0. The van der Waals surface area contributed by atoms with Crippen LogP contribution in [0.15, 0.2) is 36.4 Å². The molecule has 5 nitrogen and oxygen atoms in total. The number of rotatable bonds is 3. The summed E-state index contributed by atoms with van der Waals surface area (Å²) in [5.74, 6) is -2.03. The summed E-state index contributed by atoms with van der Waals surface area (Å²) in [7, 11) is 0. The van der Waals surface area contributed by atoms with Gasteiger partial charge in [-0.3, -0.25) is 4.79 Å². The summed E-state index contributed by atoms with van der Waals surface area (Å²) in [5, 5.41) is 21.7. The number of carboxylic acids is 1. The number of carbonyl (C=O) groups excluding carboxylic acids is 1. The van der Waals surface area contributed by atoms with Gasteiger partial charge in [-0.25, -0.2) is 4.79 Å². The second-order valence-corrected chi connectivity index (χ2v) is 4.85. The van der Waals surface area contributed by atoms with Gasteiger partial charge in [0.2, 0.25) is 0 Å². The Labute approximate surface area is 125 Å². The molecule has 0 heterocycles. The summed E-state index contributed by atoms with van der Waals surface area (Å²) in [4.78, 5) is 23.4. The first-order valence-electron chi connectivity index (χ1n) is 6.03. The zero-order chi connectivity index (χ0) is 15.6. The molecule has 0 atom stereocenters. The van der Waals surface area contributed by atoms with Crippen molar-refractivity contribution >= 4 is 29.2 Å². The quantitative estimate of drug-likeness (QED) is 0.812. The van der Waals surface area contributed by atoms with E-state index < -0.39 is 11.9 Å². The van der Waals surface area contributed by atoms with Crippen molar-refractivity contribution in [3.05, 3.63) is 58.1 Å². The van der Waals surface area contributed by atoms with E-state index in [0.717, 1.165) is 0 Å². The number of nitrogens with one attached hydrogen (secondary N) is 1. The lowest BCUT2D eigenvalue weighted by Crippen LogP contribution is -2.16. The van der Waals surface area contributed by atoms with E-state index in [9.17, 15) is 14.7 Å². The number of phenolic OH excluding ortho intramolecular Hbond substituents is 1. The highest BCUT2D eigenvalue weighted by Gasteiger charge is 2.17. The van der Waals surface area contributed by atoms with Gasteiger partial charge in [0, 0.05) is 5.02 Å². The van der Waals surface area contributed by atoms with Crippen LogP contribution >= 0.6 is 11.6 Å². The molecule has 2 aromatic rings. The van der Waals surface area contributed by atoms with Crippen molar-refractivity contribution in [1.82, 2.24) is 0 Å². The lowest BCUT2D eigenvalue weighted by Gasteiger charge is -2.12. The molecule has 3 N–H and O–H groups in total. The molecule has 0 aliphatic rings. The van der Waals surface area contributed by atoms with Gasteiger partial charge in [0.25, 0.3) is 5.91 Å². The number of benzene rings is 2. The predicted octanol–water partition coefficient (Wildman–Crippen LogP) is 3.30. The number of halogens is 1. The maximum atomic E-state index is 12.2. The molecule has 0 aliphatic heterocycles. The van der Waals surface area contributed by atoms with Crippen molar-refractivity contribution in [2.75, 3.05) is 5.32 Å². The molecule has 0 spiro atoms. The number of phenols is 1. The van der Waals surface area contributed by atoms with Crippen molar-refractivity contribution in [3.8, 4) is 5.75 Å². The summed E-state index contributed by atoms with van der Waals surface area (Å²) >= 11 is 5.70. The Morgan fingerprint density at radius 2 is 1.86 bits per heavy atom.